The van der Waals surface area contributed by atoms with Crippen LogP contribution >= 0.6 is 0 Å². The highest BCUT2D eigenvalue weighted by molar-refractivity contribution is 5.44. The minimum Gasteiger partial charge on any atom is -0.399 e. The Bertz CT molecular complexity index is 1050. The molecule has 0 spiro atoms. The van der Waals surface area contributed by atoms with E-state index in [0.29, 0.717) is 0 Å². The molecular weight excluding hydrogens is 388 g/mol. The standard InChI is InChI=1S/C30H32N2/c1-3-30(2,26-12-4-22(5-13-26)20-24-8-16-28(31)17-9-24)27-14-6-23(7-15-27)21-25-10-18-29(32)19-11-25/h4-19H,3,20-21,31-32H2,1-2H3. The number of nitrogens with two attached hydrogens (primary N) is 2. The summed E-state index contributed by atoms with van der Waals surface area (Å²) in [7, 11) is 0. The number of nitrogen functional groups attached to an aromatic ring is 2. The van der Waals surface area contributed by atoms with Crippen molar-refractivity contribution in [3.63, 3.8) is 0 Å². The van der Waals surface area contributed by atoms with Gasteiger partial charge in [0.2, 0.25) is 0 Å². The second-order valence-corrected chi connectivity index (χ2v) is 8.92. The molecule has 2 nitrogen and oxygen atoms in total. The summed E-state index contributed by atoms with van der Waals surface area (Å²) in [5.41, 5.74) is 21.1. The van der Waals surface area contributed by atoms with Gasteiger partial charge in [-0.15, -0.1) is 0 Å². The van der Waals surface area contributed by atoms with E-state index in [0.717, 1.165) is 30.6 Å². The van der Waals surface area contributed by atoms with Gasteiger partial charge in [-0.3, -0.25) is 0 Å². The Hall–Kier alpha value is -3.52. The number of hydrogen-bond acceptors (Lipinski definition) is 2. The summed E-state index contributed by atoms with van der Waals surface area (Å²) in [6.45, 7) is 4.61. The molecule has 0 bridgehead atoms. The molecule has 4 aromatic rings. The summed E-state index contributed by atoms with van der Waals surface area (Å²) in [6, 6.07) is 34.5. The van der Waals surface area contributed by atoms with E-state index in [1.54, 1.807) is 0 Å². The Morgan fingerprint density at radius 2 is 0.781 bits per heavy atom. The monoisotopic (exact) mass is 420 g/mol. The Morgan fingerprint density at radius 3 is 1.06 bits per heavy atom. The van der Waals surface area contributed by atoms with Gasteiger partial charge in [0.05, 0.1) is 0 Å². The van der Waals surface area contributed by atoms with Crippen molar-refractivity contribution < 1.29 is 0 Å². The van der Waals surface area contributed by atoms with Crippen LogP contribution in [0.25, 0.3) is 0 Å². The van der Waals surface area contributed by atoms with Gasteiger partial charge in [0.25, 0.3) is 0 Å². The lowest BCUT2D eigenvalue weighted by Gasteiger charge is -2.30. The van der Waals surface area contributed by atoms with Gasteiger partial charge in [-0.25, -0.2) is 0 Å². The topological polar surface area (TPSA) is 52.0 Å². The maximum Gasteiger partial charge on any atom is 0.0314 e. The Morgan fingerprint density at radius 1 is 0.500 bits per heavy atom. The van der Waals surface area contributed by atoms with E-state index in [4.69, 9.17) is 11.5 Å². The molecule has 0 atom stereocenters. The molecule has 162 valence electrons. The number of anilines is 2. The van der Waals surface area contributed by atoms with E-state index in [1.807, 2.05) is 24.3 Å². The summed E-state index contributed by atoms with van der Waals surface area (Å²) in [5, 5.41) is 0. The van der Waals surface area contributed by atoms with Gasteiger partial charge < -0.3 is 11.5 Å². The highest BCUT2D eigenvalue weighted by atomic mass is 14.5. The lowest BCUT2D eigenvalue weighted by molar-refractivity contribution is 0.549. The van der Waals surface area contributed by atoms with Gasteiger partial charge >= 0.3 is 0 Å². The second-order valence-electron chi connectivity index (χ2n) is 8.92. The smallest absolute Gasteiger partial charge is 0.0314 e. The molecule has 0 saturated heterocycles. The van der Waals surface area contributed by atoms with Crippen LogP contribution in [0, 0.1) is 0 Å². The third-order valence-corrected chi connectivity index (χ3v) is 6.67. The summed E-state index contributed by atoms with van der Waals surface area (Å²) in [6.07, 6.45) is 2.88. The largest absolute Gasteiger partial charge is 0.399 e. The van der Waals surface area contributed by atoms with Crippen LogP contribution in [0.4, 0.5) is 11.4 Å². The Kier molecular flexibility index (Phi) is 6.32. The van der Waals surface area contributed by atoms with Crippen molar-refractivity contribution in [1.82, 2.24) is 0 Å². The highest BCUT2D eigenvalue weighted by Crippen LogP contribution is 2.35. The van der Waals surface area contributed by atoms with E-state index in [-0.39, 0.29) is 5.41 Å². The molecule has 4 rings (SSSR count). The summed E-state index contributed by atoms with van der Waals surface area (Å²) < 4.78 is 0. The van der Waals surface area contributed by atoms with E-state index < -0.39 is 0 Å². The molecule has 0 aliphatic rings. The van der Waals surface area contributed by atoms with Crippen molar-refractivity contribution in [2.75, 3.05) is 11.5 Å². The zero-order valence-electron chi connectivity index (χ0n) is 19.0. The van der Waals surface area contributed by atoms with Gasteiger partial charge in [-0.1, -0.05) is 86.6 Å². The van der Waals surface area contributed by atoms with Gasteiger partial charge in [0.15, 0.2) is 0 Å². The van der Waals surface area contributed by atoms with Crippen molar-refractivity contribution >= 4 is 11.4 Å². The minimum atomic E-state index is -0.0144. The predicted octanol–water partition coefficient (Wildman–Crippen LogP) is 6.75. The SMILES string of the molecule is CCC(C)(c1ccc(Cc2ccc(N)cc2)cc1)c1ccc(Cc2ccc(N)cc2)cc1. The van der Waals surface area contributed by atoms with Gasteiger partial charge in [0, 0.05) is 16.8 Å². The first-order valence-electron chi connectivity index (χ1n) is 11.3. The second kappa shape index (κ2) is 9.32. The molecule has 0 radical (unpaired) electrons. The first-order chi connectivity index (χ1) is 15.5. The first kappa shape index (κ1) is 21.7. The summed E-state index contributed by atoms with van der Waals surface area (Å²) in [5.74, 6) is 0. The summed E-state index contributed by atoms with van der Waals surface area (Å²) >= 11 is 0. The molecule has 0 aliphatic heterocycles. The van der Waals surface area contributed by atoms with Crippen molar-refractivity contribution in [2.24, 2.45) is 0 Å². The fourth-order valence-corrected chi connectivity index (χ4v) is 4.30. The quantitative estimate of drug-likeness (QED) is 0.325. The minimum absolute atomic E-state index is 0.0144. The van der Waals surface area contributed by atoms with Gasteiger partial charge in [-0.05, 0) is 76.9 Å². The number of hydrogen-bond donors (Lipinski definition) is 2. The molecule has 32 heavy (non-hydrogen) atoms. The molecule has 0 aliphatic carbocycles. The van der Waals surface area contributed by atoms with Gasteiger partial charge in [0.1, 0.15) is 0 Å². The van der Waals surface area contributed by atoms with Crippen LogP contribution in [0.1, 0.15) is 53.6 Å². The zero-order chi connectivity index (χ0) is 22.6. The van der Waals surface area contributed by atoms with Crippen LogP contribution in [0.5, 0.6) is 0 Å². The first-order valence-corrected chi connectivity index (χ1v) is 11.3. The lowest BCUT2D eigenvalue weighted by atomic mass is 9.74. The van der Waals surface area contributed by atoms with Crippen LogP contribution in [-0.4, -0.2) is 0 Å². The van der Waals surface area contributed by atoms with Crippen LogP contribution < -0.4 is 11.5 Å². The molecule has 0 unspecified atom stereocenters. The molecule has 2 heteroatoms. The molecule has 0 amide bonds. The molecule has 0 heterocycles. The fourth-order valence-electron chi connectivity index (χ4n) is 4.30. The van der Waals surface area contributed by atoms with Crippen LogP contribution in [-0.2, 0) is 18.3 Å². The van der Waals surface area contributed by atoms with Crippen molar-refractivity contribution in [3.05, 3.63) is 130 Å². The average molecular weight is 421 g/mol. The van der Waals surface area contributed by atoms with E-state index in [1.165, 1.54) is 33.4 Å². The van der Waals surface area contributed by atoms with Crippen LogP contribution in [0.2, 0.25) is 0 Å². The lowest BCUT2D eigenvalue weighted by Crippen LogP contribution is -2.22. The highest BCUT2D eigenvalue weighted by Gasteiger charge is 2.26. The van der Waals surface area contributed by atoms with Gasteiger partial charge in [-0.2, -0.15) is 0 Å². The molecule has 0 fully saturated rings. The number of benzene rings is 4. The third-order valence-electron chi connectivity index (χ3n) is 6.67. The molecule has 0 saturated carbocycles. The molecule has 0 aromatic heterocycles. The normalized spacial score (nSPS) is 11.4. The van der Waals surface area contributed by atoms with Crippen LogP contribution in [0.3, 0.4) is 0 Å². The Labute approximate surface area is 191 Å². The van der Waals surface area contributed by atoms with Crippen molar-refractivity contribution in [1.29, 1.82) is 0 Å². The Balaban J connectivity index is 1.50. The zero-order valence-corrected chi connectivity index (χ0v) is 19.0. The average Bonchev–Trinajstić information content (AvgIpc) is 2.82. The summed E-state index contributed by atoms with van der Waals surface area (Å²) in [4.78, 5) is 0. The molecular formula is C30H32N2. The van der Waals surface area contributed by atoms with E-state index in [9.17, 15) is 0 Å². The van der Waals surface area contributed by atoms with Crippen molar-refractivity contribution in [2.45, 2.75) is 38.5 Å². The van der Waals surface area contributed by atoms with Crippen LogP contribution in [0.15, 0.2) is 97.1 Å². The fraction of sp³-hybridized carbons (Fsp3) is 0.200. The number of rotatable bonds is 7. The molecule has 4 aromatic carbocycles. The van der Waals surface area contributed by atoms with Crippen molar-refractivity contribution in [3.8, 4) is 0 Å². The third kappa shape index (κ3) is 4.86. The molecule has 4 N–H and O–H groups in total. The maximum absolute atomic E-state index is 5.81. The van der Waals surface area contributed by atoms with E-state index in [2.05, 4.69) is 86.6 Å². The maximum atomic E-state index is 5.81. The van der Waals surface area contributed by atoms with E-state index >= 15 is 0 Å². The predicted molar refractivity (Wildman–Crippen MR) is 137 cm³/mol.